The standard InChI is InChI=1S/C49H53.2ClH.Zr/c1-30-15-19-33(20-16-30)40(34-21-17-31(2)18-22-34)43-42-36-29-39-38(46(3,4)23-24-47(39,5)6)28-35(36)27-37(42)41(32-13-11-12-14-32)44-45(43)49(9,10)26-25-48(44,7)8;;;/h11-13,15-22,28-29H,14,23-26H2,1-10H3;2*1H;/q-1;;;+3/p-2. The molecule has 8 rings (SSSR count). The molecule has 0 N–H and O–H groups in total. The maximum atomic E-state index is 4.19. The van der Waals surface area contributed by atoms with E-state index >= 15 is 0 Å². The minimum absolute atomic E-state index is 0. The predicted octanol–water partition coefficient (Wildman–Crippen LogP) is 4.90. The van der Waals surface area contributed by atoms with Crippen molar-refractivity contribution in [2.75, 3.05) is 0 Å². The van der Waals surface area contributed by atoms with Crippen molar-refractivity contribution in [3.8, 4) is 0 Å². The second kappa shape index (κ2) is 14.0. The van der Waals surface area contributed by atoms with Gasteiger partial charge in [0.05, 0.1) is 0 Å². The average Bonchev–Trinajstić information content (AvgIpc) is 3.71. The molecular formula is C49H53Cl2Zr. The smallest absolute Gasteiger partial charge is 1.00 e. The molecule has 4 aliphatic carbocycles. The Morgan fingerprint density at radius 1 is 0.615 bits per heavy atom. The van der Waals surface area contributed by atoms with E-state index in [2.05, 4.69) is 154 Å². The number of aryl methyl sites for hydroxylation is 2. The summed E-state index contributed by atoms with van der Waals surface area (Å²) in [6.07, 6.45) is 16.9. The van der Waals surface area contributed by atoms with Gasteiger partial charge in [-0.25, -0.2) is 0 Å². The Labute approximate surface area is 344 Å². The summed E-state index contributed by atoms with van der Waals surface area (Å²) in [6.45, 7) is 24.3. The molecule has 0 amide bonds. The van der Waals surface area contributed by atoms with Crippen molar-refractivity contribution in [3.05, 3.63) is 155 Å². The molecule has 3 heteroatoms. The summed E-state index contributed by atoms with van der Waals surface area (Å²) in [4.78, 5) is 0. The summed E-state index contributed by atoms with van der Waals surface area (Å²) in [7, 11) is 0. The fourth-order valence-corrected chi connectivity index (χ4v) is 9.53. The first-order valence-electron chi connectivity index (χ1n) is 18.7. The molecule has 4 aliphatic rings. The topological polar surface area (TPSA) is 0 Å². The second-order valence-corrected chi connectivity index (χ2v) is 18.3. The first-order valence-corrected chi connectivity index (χ1v) is 18.7. The summed E-state index contributed by atoms with van der Waals surface area (Å²) < 4.78 is 0. The monoisotopic (exact) mass is 801 g/mol. The van der Waals surface area contributed by atoms with E-state index in [-0.39, 0.29) is 72.7 Å². The van der Waals surface area contributed by atoms with Crippen molar-refractivity contribution in [2.45, 2.75) is 123 Å². The van der Waals surface area contributed by atoms with Crippen molar-refractivity contribution in [3.63, 3.8) is 0 Å². The van der Waals surface area contributed by atoms with Gasteiger partial charge in [0, 0.05) is 0 Å². The van der Waals surface area contributed by atoms with Gasteiger partial charge < -0.3 is 24.8 Å². The van der Waals surface area contributed by atoms with E-state index in [0.29, 0.717) is 0 Å². The van der Waals surface area contributed by atoms with Gasteiger partial charge in [-0.1, -0.05) is 167 Å². The van der Waals surface area contributed by atoms with Crippen molar-refractivity contribution < 1.29 is 51.0 Å². The molecule has 4 aromatic carbocycles. The van der Waals surface area contributed by atoms with Crippen molar-refractivity contribution in [2.24, 2.45) is 0 Å². The van der Waals surface area contributed by atoms with Gasteiger partial charge in [0.25, 0.3) is 0 Å². The van der Waals surface area contributed by atoms with Crippen LogP contribution in [0.2, 0.25) is 0 Å². The Bertz CT molecular complexity index is 2300. The molecule has 4 aromatic rings. The number of benzene rings is 4. The molecule has 0 spiro atoms. The van der Waals surface area contributed by atoms with E-state index in [9.17, 15) is 0 Å². The zero-order valence-corrected chi connectivity index (χ0v) is 36.8. The molecule has 1 radical (unpaired) electrons. The SMILES string of the molecule is Cc1ccc(C(c2ccc(C)cc2)=c2c3c(c(C4=CC=CC4)c4c2=c2cc5c(cc2=[C-]4)C(C)(C)CCC5(C)C)C(C)(C)CCC3(C)C)cc1.[Cl-].[Cl-].[Zr+3]. The molecule has 267 valence electrons. The fraction of sp³-hybridized carbons (Fsp3) is 0.388. The van der Waals surface area contributed by atoms with E-state index in [4.69, 9.17) is 0 Å². The van der Waals surface area contributed by atoms with Crippen LogP contribution in [-0.2, 0) is 47.9 Å². The maximum absolute atomic E-state index is 4.19. The molecule has 0 saturated carbocycles. The number of hydrogen-bond acceptors (Lipinski definition) is 0. The largest absolute Gasteiger partial charge is 3.00 e. The van der Waals surface area contributed by atoms with Gasteiger partial charge in [0.15, 0.2) is 0 Å². The van der Waals surface area contributed by atoms with Gasteiger partial charge >= 0.3 is 26.2 Å². The van der Waals surface area contributed by atoms with Gasteiger partial charge in [-0.2, -0.15) is 0 Å². The van der Waals surface area contributed by atoms with Crippen LogP contribution < -0.4 is 35.3 Å². The second-order valence-electron chi connectivity index (χ2n) is 18.3. The zero-order chi connectivity index (χ0) is 34.7. The third-order valence-electron chi connectivity index (χ3n) is 12.8. The van der Waals surface area contributed by atoms with Gasteiger partial charge in [-0.15, -0.1) is 33.4 Å². The summed E-state index contributed by atoms with van der Waals surface area (Å²) >= 11 is 0. The molecule has 0 saturated heterocycles. The van der Waals surface area contributed by atoms with Gasteiger partial charge in [-0.05, 0) is 95.1 Å². The molecule has 0 bridgehead atoms. The van der Waals surface area contributed by atoms with Crippen LogP contribution in [-0.4, -0.2) is 0 Å². The molecule has 0 atom stereocenters. The van der Waals surface area contributed by atoms with Crippen LogP contribution >= 0.6 is 0 Å². The number of fused-ring (bicyclic) bond motifs is 4. The molecular weight excluding hydrogens is 751 g/mol. The van der Waals surface area contributed by atoms with E-state index in [1.807, 2.05) is 0 Å². The maximum Gasteiger partial charge on any atom is 3.00 e. The summed E-state index contributed by atoms with van der Waals surface area (Å²) in [5.74, 6) is 0. The van der Waals surface area contributed by atoms with Crippen LogP contribution in [0.1, 0.15) is 143 Å². The van der Waals surface area contributed by atoms with E-state index in [0.717, 1.165) is 12.8 Å². The van der Waals surface area contributed by atoms with Gasteiger partial charge in [0.1, 0.15) is 0 Å². The van der Waals surface area contributed by atoms with Crippen LogP contribution in [0.3, 0.4) is 0 Å². The predicted molar refractivity (Wildman–Crippen MR) is 209 cm³/mol. The normalized spacial score (nSPS) is 18.9. The minimum Gasteiger partial charge on any atom is -1.00 e. The van der Waals surface area contributed by atoms with Crippen molar-refractivity contribution in [1.82, 2.24) is 0 Å². The number of halogens is 2. The van der Waals surface area contributed by atoms with Crippen LogP contribution in [0.4, 0.5) is 0 Å². The summed E-state index contributed by atoms with van der Waals surface area (Å²) in [6, 6.07) is 23.8. The summed E-state index contributed by atoms with van der Waals surface area (Å²) in [5.41, 5.74) is 17.2. The van der Waals surface area contributed by atoms with E-state index in [1.54, 1.807) is 11.1 Å². The summed E-state index contributed by atoms with van der Waals surface area (Å²) in [5, 5.41) is 5.49. The molecule has 0 fully saturated rings. The van der Waals surface area contributed by atoms with Gasteiger partial charge in [-0.3, -0.25) is 0 Å². The molecule has 52 heavy (non-hydrogen) atoms. The molecule has 0 nitrogen and oxygen atoms in total. The van der Waals surface area contributed by atoms with Crippen LogP contribution in [0.25, 0.3) is 17.2 Å². The first kappa shape index (κ1) is 40.7. The third kappa shape index (κ3) is 6.44. The fourth-order valence-electron chi connectivity index (χ4n) is 9.53. The average molecular weight is 804 g/mol. The van der Waals surface area contributed by atoms with Crippen molar-refractivity contribution >= 4 is 17.2 Å². The Kier molecular flexibility index (Phi) is 11.0. The van der Waals surface area contributed by atoms with Gasteiger partial charge in [0.2, 0.25) is 0 Å². The Morgan fingerprint density at radius 3 is 1.60 bits per heavy atom. The Balaban J connectivity index is 0.00000174. The zero-order valence-electron chi connectivity index (χ0n) is 32.8. The quantitative estimate of drug-likeness (QED) is 0.228. The van der Waals surface area contributed by atoms with Crippen molar-refractivity contribution in [1.29, 1.82) is 0 Å². The van der Waals surface area contributed by atoms with E-state index in [1.165, 1.54) is 95.8 Å². The van der Waals surface area contributed by atoms with Crippen LogP contribution in [0.15, 0.2) is 78.9 Å². The molecule has 0 aliphatic heterocycles. The van der Waals surface area contributed by atoms with Crippen LogP contribution in [0, 0.1) is 24.3 Å². The van der Waals surface area contributed by atoms with E-state index < -0.39 is 0 Å². The molecule has 0 aromatic heterocycles. The number of hydrogen-bond donors (Lipinski definition) is 0. The number of rotatable bonds is 3. The number of allylic oxidation sites excluding steroid dienone is 4. The molecule has 0 heterocycles. The minimum atomic E-state index is -0.00454. The molecule has 0 unspecified atom stereocenters. The third-order valence-corrected chi connectivity index (χ3v) is 12.8. The first-order chi connectivity index (χ1) is 23.1. The Morgan fingerprint density at radius 2 is 1.10 bits per heavy atom. The Hall–Kier alpha value is -2.44. The van der Waals surface area contributed by atoms with Crippen LogP contribution in [0.5, 0.6) is 0 Å².